The van der Waals surface area contributed by atoms with Crippen LogP contribution in [-0.2, 0) is 11.0 Å². The number of amides is 1. The van der Waals surface area contributed by atoms with Gasteiger partial charge in [-0.2, -0.15) is 18.4 Å². The third-order valence-corrected chi connectivity index (χ3v) is 8.19. The van der Waals surface area contributed by atoms with Gasteiger partial charge in [-0.15, -0.1) is 0 Å². The van der Waals surface area contributed by atoms with E-state index >= 15 is 0 Å². The molecule has 4 fully saturated rings. The lowest BCUT2D eigenvalue weighted by atomic mass is 9.55. The number of hydrogen-bond acceptors (Lipinski definition) is 5. The standard InChI is InChI=1S/C27H29F3N4O2/c1-36-25-6-9-32-16-24(25)34(21-4-2-20(3-5-21)27(28,29)30)22-7-10-33(11-8-22)26(35)23-14-19(15-31)17-12-18(23)13-17/h2-6,9,16-19,22-23H,7-8,10-14H2,1H3/t17?,18?,19-,23?/m1/s1. The van der Waals surface area contributed by atoms with Crippen molar-refractivity contribution < 1.29 is 22.7 Å². The van der Waals surface area contributed by atoms with E-state index in [0.717, 1.165) is 25.0 Å². The molecule has 36 heavy (non-hydrogen) atoms. The Morgan fingerprint density at radius 2 is 1.81 bits per heavy atom. The molecular formula is C27H29F3N4O2. The highest BCUT2D eigenvalue weighted by Crippen LogP contribution is 2.52. The molecule has 0 radical (unpaired) electrons. The molecule has 0 N–H and O–H groups in total. The van der Waals surface area contributed by atoms with Gasteiger partial charge in [0.1, 0.15) is 11.4 Å². The van der Waals surface area contributed by atoms with Gasteiger partial charge in [0.15, 0.2) is 0 Å². The first-order valence-corrected chi connectivity index (χ1v) is 12.4. The van der Waals surface area contributed by atoms with Crippen LogP contribution in [0.2, 0.25) is 0 Å². The molecule has 2 heterocycles. The van der Waals surface area contributed by atoms with Crippen LogP contribution in [0.25, 0.3) is 0 Å². The van der Waals surface area contributed by atoms with Gasteiger partial charge in [0.2, 0.25) is 5.91 Å². The summed E-state index contributed by atoms with van der Waals surface area (Å²) in [5.74, 6) is 1.49. The first kappa shape index (κ1) is 24.4. The van der Waals surface area contributed by atoms with Crippen molar-refractivity contribution in [2.24, 2.45) is 23.7 Å². The van der Waals surface area contributed by atoms with E-state index in [4.69, 9.17) is 4.74 Å². The van der Waals surface area contributed by atoms with Crippen molar-refractivity contribution in [3.05, 3.63) is 48.3 Å². The monoisotopic (exact) mass is 498 g/mol. The number of benzene rings is 1. The zero-order valence-corrected chi connectivity index (χ0v) is 20.1. The third kappa shape index (κ3) is 4.49. The van der Waals surface area contributed by atoms with Crippen molar-refractivity contribution >= 4 is 17.3 Å². The third-order valence-electron chi connectivity index (χ3n) is 8.19. The summed E-state index contributed by atoms with van der Waals surface area (Å²) in [7, 11) is 1.55. The van der Waals surface area contributed by atoms with Gasteiger partial charge in [-0.25, -0.2) is 0 Å². The number of anilines is 2. The lowest BCUT2D eigenvalue weighted by Crippen LogP contribution is -2.52. The molecule has 2 bridgehead atoms. The molecule has 3 aliphatic carbocycles. The van der Waals surface area contributed by atoms with Gasteiger partial charge < -0.3 is 14.5 Å². The van der Waals surface area contributed by atoms with Crippen LogP contribution in [0.3, 0.4) is 0 Å². The van der Waals surface area contributed by atoms with Crippen LogP contribution in [0.15, 0.2) is 42.7 Å². The van der Waals surface area contributed by atoms with Gasteiger partial charge in [0.05, 0.1) is 24.9 Å². The van der Waals surface area contributed by atoms with Gasteiger partial charge in [-0.05, 0) is 68.2 Å². The Morgan fingerprint density at radius 1 is 1.11 bits per heavy atom. The maximum atomic E-state index is 13.4. The summed E-state index contributed by atoms with van der Waals surface area (Å²) in [4.78, 5) is 21.5. The molecule has 1 aliphatic heterocycles. The number of pyridine rings is 1. The molecule has 1 amide bonds. The number of carbonyl (C=O) groups is 1. The Hall–Kier alpha value is -3.28. The minimum absolute atomic E-state index is 0.0188. The number of aromatic nitrogens is 1. The fourth-order valence-corrected chi connectivity index (χ4v) is 6.15. The van der Waals surface area contributed by atoms with E-state index in [-0.39, 0.29) is 23.8 Å². The zero-order valence-electron chi connectivity index (χ0n) is 20.1. The van der Waals surface area contributed by atoms with Crippen LogP contribution in [0.4, 0.5) is 24.5 Å². The number of carbonyl (C=O) groups excluding carboxylic acids is 1. The molecule has 0 spiro atoms. The molecular weight excluding hydrogens is 469 g/mol. The predicted octanol–water partition coefficient (Wildman–Crippen LogP) is 5.42. The Morgan fingerprint density at radius 3 is 2.42 bits per heavy atom. The van der Waals surface area contributed by atoms with E-state index in [1.165, 1.54) is 12.1 Å². The van der Waals surface area contributed by atoms with Crippen molar-refractivity contribution in [3.63, 3.8) is 0 Å². The largest absolute Gasteiger partial charge is 0.494 e. The van der Waals surface area contributed by atoms with Gasteiger partial charge in [-0.3, -0.25) is 9.78 Å². The molecule has 1 saturated heterocycles. The number of halogens is 3. The number of piperidine rings is 1. The van der Waals surface area contributed by atoms with Gasteiger partial charge >= 0.3 is 6.18 Å². The van der Waals surface area contributed by atoms with Crippen molar-refractivity contribution in [1.82, 2.24) is 9.88 Å². The van der Waals surface area contributed by atoms with Gasteiger partial charge in [-0.1, -0.05) is 0 Å². The van der Waals surface area contributed by atoms with Gasteiger partial charge in [0.25, 0.3) is 0 Å². The van der Waals surface area contributed by atoms with Crippen LogP contribution in [0.5, 0.6) is 5.75 Å². The second kappa shape index (κ2) is 9.64. The quantitative estimate of drug-likeness (QED) is 0.550. The fraction of sp³-hybridized carbons (Fsp3) is 0.519. The Labute approximate surface area is 208 Å². The average molecular weight is 499 g/mol. The van der Waals surface area contributed by atoms with Crippen LogP contribution in [0, 0.1) is 35.0 Å². The van der Waals surface area contributed by atoms with E-state index in [2.05, 4.69) is 11.1 Å². The minimum Gasteiger partial charge on any atom is -0.494 e. The van der Waals surface area contributed by atoms with E-state index in [9.17, 15) is 23.2 Å². The summed E-state index contributed by atoms with van der Waals surface area (Å²) in [6, 6.07) is 9.21. The smallest absolute Gasteiger partial charge is 0.416 e. The first-order chi connectivity index (χ1) is 17.3. The normalized spacial score (nSPS) is 26.0. The van der Waals surface area contributed by atoms with Gasteiger partial charge in [0, 0.05) is 48.9 Å². The average Bonchev–Trinajstić information content (AvgIpc) is 2.88. The van der Waals surface area contributed by atoms with Crippen molar-refractivity contribution in [2.75, 3.05) is 25.1 Å². The lowest BCUT2D eigenvalue weighted by Gasteiger charge is -2.50. The molecule has 6 nitrogen and oxygen atoms in total. The van der Waals surface area contributed by atoms with Crippen LogP contribution >= 0.6 is 0 Å². The number of fused-ring (bicyclic) bond motifs is 2. The number of hydrogen-bond donors (Lipinski definition) is 0. The molecule has 4 aliphatic rings. The second-order valence-corrected chi connectivity index (χ2v) is 10.1. The van der Waals surface area contributed by atoms with E-state index < -0.39 is 11.7 Å². The number of nitriles is 1. The van der Waals surface area contributed by atoms with Crippen molar-refractivity contribution in [2.45, 2.75) is 44.3 Å². The number of likely N-dealkylation sites (tertiary alicyclic amines) is 1. The molecule has 6 rings (SSSR count). The molecule has 190 valence electrons. The highest BCUT2D eigenvalue weighted by atomic mass is 19.4. The zero-order chi connectivity index (χ0) is 25.4. The summed E-state index contributed by atoms with van der Waals surface area (Å²) in [6.07, 6.45) is 2.80. The van der Waals surface area contributed by atoms with E-state index in [1.54, 1.807) is 25.6 Å². The summed E-state index contributed by atoms with van der Waals surface area (Å²) < 4.78 is 45.0. The fourth-order valence-electron chi connectivity index (χ4n) is 6.15. The summed E-state index contributed by atoms with van der Waals surface area (Å²) in [5, 5.41) is 9.45. The highest BCUT2D eigenvalue weighted by Gasteiger charge is 2.49. The maximum Gasteiger partial charge on any atom is 0.416 e. The summed E-state index contributed by atoms with van der Waals surface area (Å²) in [5.41, 5.74) is 0.587. The molecule has 2 aromatic rings. The summed E-state index contributed by atoms with van der Waals surface area (Å²) in [6.45, 7) is 1.13. The molecule has 1 unspecified atom stereocenters. The topological polar surface area (TPSA) is 69.5 Å². The molecule has 2 atom stereocenters. The second-order valence-electron chi connectivity index (χ2n) is 10.1. The van der Waals surface area contributed by atoms with E-state index in [0.29, 0.717) is 61.3 Å². The maximum absolute atomic E-state index is 13.4. The Kier molecular flexibility index (Phi) is 6.54. The van der Waals surface area contributed by atoms with Crippen LogP contribution < -0.4 is 9.64 Å². The van der Waals surface area contributed by atoms with Crippen molar-refractivity contribution in [3.8, 4) is 11.8 Å². The van der Waals surface area contributed by atoms with Crippen LogP contribution in [0.1, 0.15) is 37.7 Å². The summed E-state index contributed by atoms with van der Waals surface area (Å²) >= 11 is 0. The number of rotatable bonds is 5. The van der Waals surface area contributed by atoms with Crippen molar-refractivity contribution in [1.29, 1.82) is 5.26 Å². The van der Waals surface area contributed by atoms with E-state index in [1.807, 2.05) is 9.80 Å². The highest BCUT2D eigenvalue weighted by molar-refractivity contribution is 5.80. The molecule has 1 aromatic heterocycles. The number of alkyl halides is 3. The molecule has 9 heteroatoms. The number of ether oxygens (including phenoxy) is 1. The minimum atomic E-state index is -4.41. The number of nitrogens with zero attached hydrogens (tertiary/aromatic N) is 4. The Bertz CT molecular complexity index is 1130. The molecule has 3 saturated carbocycles. The first-order valence-electron chi connectivity index (χ1n) is 12.4. The van der Waals surface area contributed by atoms with Crippen LogP contribution in [-0.4, -0.2) is 42.0 Å². The molecule has 1 aromatic carbocycles. The number of methoxy groups -OCH3 is 1. The lowest BCUT2D eigenvalue weighted by molar-refractivity contribution is -0.145. The Balaban J connectivity index is 1.35. The predicted molar refractivity (Wildman–Crippen MR) is 127 cm³/mol. The SMILES string of the molecule is COc1ccncc1N(c1ccc(C(F)(F)F)cc1)C1CCN(C(=O)C2C[C@H](C#N)C3CC2C3)CC1.